The topological polar surface area (TPSA) is 29.1 Å². The van der Waals surface area contributed by atoms with Gasteiger partial charge < -0.3 is 5.32 Å². The van der Waals surface area contributed by atoms with Crippen LogP contribution in [0, 0.1) is 10.8 Å². The second kappa shape index (κ2) is 4.33. The van der Waals surface area contributed by atoms with Crippen LogP contribution in [-0.2, 0) is 4.79 Å². The molecular weight excluding hydrogens is 174 g/mol. The van der Waals surface area contributed by atoms with Crippen LogP contribution in [-0.4, -0.2) is 11.9 Å². The summed E-state index contributed by atoms with van der Waals surface area (Å²) in [7, 11) is 0. The molecule has 0 aliphatic carbocycles. The molecule has 0 bridgehead atoms. The summed E-state index contributed by atoms with van der Waals surface area (Å²) in [6, 6.07) is 0.252. The van der Waals surface area contributed by atoms with E-state index in [0.717, 1.165) is 6.42 Å². The van der Waals surface area contributed by atoms with E-state index in [2.05, 4.69) is 33.0 Å². The molecule has 1 atom stereocenters. The highest BCUT2D eigenvalue weighted by Gasteiger charge is 2.24. The summed E-state index contributed by atoms with van der Waals surface area (Å²) in [6.07, 6.45) is 1.01. The standard InChI is InChI=1S/C12H25NO/c1-9(8-11(2,3)4)13-10(14)12(5,6)7/h9H,8H2,1-7H3,(H,13,14). The summed E-state index contributed by atoms with van der Waals surface area (Å²) in [6.45, 7) is 14.4. The first-order chi connectivity index (χ1) is 6.02. The number of amides is 1. The van der Waals surface area contributed by atoms with Crippen LogP contribution in [0.5, 0.6) is 0 Å². The molecular formula is C12H25NO. The molecule has 0 aromatic carbocycles. The molecule has 0 saturated carbocycles. The quantitative estimate of drug-likeness (QED) is 0.728. The van der Waals surface area contributed by atoms with Crippen molar-refractivity contribution in [3.8, 4) is 0 Å². The zero-order chi connectivity index (χ0) is 11.6. The Kier molecular flexibility index (Phi) is 4.16. The van der Waals surface area contributed by atoms with Crippen molar-refractivity contribution < 1.29 is 4.79 Å². The Labute approximate surface area is 88.5 Å². The lowest BCUT2D eigenvalue weighted by Crippen LogP contribution is -2.41. The normalized spacial score (nSPS) is 15.1. The highest BCUT2D eigenvalue weighted by molar-refractivity contribution is 5.81. The van der Waals surface area contributed by atoms with Gasteiger partial charge in [-0.25, -0.2) is 0 Å². The predicted molar refractivity (Wildman–Crippen MR) is 61.1 cm³/mol. The van der Waals surface area contributed by atoms with Gasteiger partial charge in [-0.3, -0.25) is 4.79 Å². The number of nitrogens with one attached hydrogen (secondary N) is 1. The van der Waals surface area contributed by atoms with Gasteiger partial charge in [-0.2, -0.15) is 0 Å². The van der Waals surface area contributed by atoms with E-state index in [9.17, 15) is 4.79 Å². The maximum Gasteiger partial charge on any atom is 0.225 e. The maximum atomic E-state index is 11.6. The molecule has 2 nitrogen and oxygen atoms in total. The molecule has 0 radical (unpaired) electrons. The number of carbonyl (C=O) groups is 1. The minimum Gasteiger partial charge on any atom is -0.353 e. The molecule has 0 aliphatic rings. The van der Waals surface area contributed by atoms with Crippen molar-refractivity contribution in [2.24, 2.45) is 10.8 Å². The lowest BCUT2D eigenvalue weighted by Gasteiger charge is -2.27. The van der Waals surface area contributed by atoms with Crippen LogP contribution in [0.25, 0.3) is 0 Å². The molecule has 0 fully saturated rings. The van der Waals surface area contributed by atoms with Gasteiger partial charge in [-0.15, -0.1) is 0 Å². The SMILES string of the molecule is CC(CC(C)(C)C)NC(=O)C(C)(C)C. The number of carbonyl (C=O) groups excluding carboxylic acids is 1. The molecule has 2 heteroatoms. The van der Waals surface area contributed by atoms with Crippen LogP contribution in [0.3, 0.4) is 0 Å². The van der Waals surface area contributed by atoms with E-state index >= 15 is 0 Å². The van der Waals surface area contributed by atoms with Crippen molar-refractivity contribution in [3.63, 3.8) is 0 Å². The van der Waals surface area contributed by atoms with Crippen LogP contribution < -0.4 is 5.32 Å². The Balaban J connectivity index is 4.09. The third-order valence-electron chi connectivity index (χ3n) is 1.98. The summed E-state index contributed by atoms with van der Waals surface area (Å²) in [5.74, 6) is 0.134. The van der Waals surface area contributed by atoms with E-state index in [0.29, 0.717) is 0 Å². The molecule has 1 unspecified atom stereocenters. The number of hydrogen-bond donors (Lipinski definition) is 1. The molecule has 0 aromatic rings. The second-order valence-corrected chi connectivity index (χ2v) is 6.39. The summed E-state index contributed by atoms with van der Waals surface area (Å²) < 4.78 is 0. The lowest BCUT2D eigenvalue weighted by molar-refractivity contribution is -0.129. The molecule has 14 heavy (non-hydrogen) atoms. The van der Waals surface area contributed by atoms with Gasteiger partial charge in [-0.1, -0.05) is 41.5 Å². The van der Waals surface area contributed by atoms with Crippen molar-refractivity contribution in [3.05, 3.63) is 0 Å². The Hall–Kier alpha value is -0.530. The third kappa shape index (κ3) is 6.01. The van der Waals surface area contributed by atoms with E-state index < -0.39 is 0 Å². The van der Waals surface area contributed by atoms with E-state index in [-0.39, 0.29) is 22.8 Å². The van der Waals surface area contributed by atoms with Crippen molar-refractivity contribution in [2.75, 3.05) is 0 Å². The molecule has 0 aromatic heterocycles. The molecule has 0 spiro atoms. The predicted octanol–water partition coefficient (Wildman–Crippen LogP) is 2.97. The van der Waals surface area contributed by atoms with E-state index in [4.69, 9.17) is 0 Å². The van der Waals surface area contributed by atoms with Crippen molar-refractivity contribution in [2.45, 2.75) is 60.9 Å². The fourth-order valence-corrected chi connectivity index (χ4v) is 1.41. The van der Waals surface area contributed by atoms with Gasteiger partial charge in [0, 0.05) is 11.5 Å². The minimum atomic E-state index is -0.286. The van der Waals surface area contributed by atoms with Crippen LogP contribution >= 0.6 is 0 Å². The van der Waals surface area contributed by atoms with Gasteiger partial charge in [0.05, 0.1) is 0 Å². The highest BCUT2D eigenvalue weighted by Crippen LogP contribution is 2.21. The summed E-state index contributed by atoms with van der Waals surface area (Å²) in [5.41, 5.74) is -0.0171. The van der Waals surface area contributed by atoms with Crippen LogP contribution in [0.15, 0.2) is 0 Å². The highest BCUT2D eigenvalue weighted by atomic mass is 16.2. The molecule has 1 N–H and O–H groups in total. The van der Waals surface area contributed by atoms with Crippen molar-refractivity contribution in [1.82, 2.24) is 5.32 Å². The summed E-state index contributed by atoms with van der Waals surface area (Å²) in [5, 5.41) is 3.04. The van der Waals surface area contributed by atoms with Crippen LogP contribution in [0.1, 0.15) is 54.9 Å². The van der Waals surface area contributed by atoms with Gasteiger partial charge >= 0.3 is 0 Å². The molecule has 0 rings (SSSR count). The lowest BCUT2D eigenvalue weighted by atomic mass is 9.88. The number of hydrogen-bond acceptors (Lipinski definition) is 1. The first-order valence-corrected chi connectivity index (χ1v) is 5.33. The Morgan fingerprint density at radius 1 is 1.14 bits per heavy atom. The Morgan fingerprint density at radius 3 is 1.86 bits per heavy atom. The zero-order valence-electron chi connectivity index (χ0n) is 10.7. The fraction of sp³-hybridized carbons (Fsp3) is 0.917. The van der Waals surface area contributed by atoms with Crippen molar-refractivity contribution in [1.29, 1.82) is 0 Å². The minimum absolute atomic E-state index is 0.134. The maximum absolute atomic E-state index is 11.6. The van der Waals surface area contributed by atoms with Crippen molar-refractivity contribution >= 4 is 5.91 Å². The van der Waals surface area contributed by atoms with Crippen LogP contribution in [0.2, 0.25) is 0 Å². The van der Waals surface area contributed by atoms with Gasteiger partial charge in [0.2, 0.25) is 5.91 Å². The van der Waals surface area contributed by atoms with Gasteiger partial charge in [0.1, 0.15) is 0 Å². The fourth-order valence-electron chi connectivity index (χ4n) is 1.41. The second-order valence-electron chi connectivity index (χ2n) is 6.39. The van der Waals surface area contributed by atoms with E-state index in [1.807, 2.05) is 20.8 Å². The molecule has 0 heterocycles. The first-order valence-electron chi connectivity index (χ1n) is 5.33. The molecule has 0 saturated heterocycles. The van der Waals surface area contributed by atoms with E-state index in [1.165, 1.54) is 0 Å². The number of rotatable bonds is 2. The Morgan fingerprint density at radius 2 is 1.57 bits per heavy atom. The molecule has 84 valence electrons. The smallest absolute Gasteiger partial charge is 0.225 e. The Bertz CT molecular complexity index is 195. The van der Waals surface area contributed by atoms with Gasteiger partial charge in [-0.05, 0) is 18.8 Å². The summed E-state index contributed by atoms with van der Waals surface area (Å²) >= 11 is 0. The van der Waals surface area contributed by atoms with E-state index in [1.54, 1.807) is 0 Å². The van der Waals surface area contributed by atoms with Gasteiger partial charge in [0.25, 0.3) is 0 Å². The first kappa shape index (κ1) is 13.5. The zero-order valence-corrected chi connectivity index (χ0v) is 10.7. The molecule has 1 amide bonds. The average Bonchev–Trinajstić information content (AvgIpc) is 1.79. The largest absolute Gasteiger partial charge is 0.353 e. The van der Waals surface area contributed by atoms with Gasteiger partial charge in [0.15, 0.2) is 0 Å². The average molecular weight is 199 g/mol. The van der Waals surface area contributed by atoms with Crippen LogP contribution in [0.4, 0.5) is 0 Å². The summed E-state index contributed by atoms with van der Waals surface area (Å²) in [4.78, 5) is 11.6. The monoisotopic (exact) mass is 199 g/mol. The molecule has 0 aliphatic heterocycles. The third-order valence-corrected chi connectivity index (χ3v) is 1.98.